The van der Waals surface area contributed by atoms with Crippen LogP contribution in [0.5, 0.6) is 0 Å². The van der Waals surface area contributed by atoms with E-state index in [1.165, 1.54) is 12.2 Å². The van der Waals surface area contributed by atoms with Crippen LogP contribution in [0.3, 0.4) is 0 Å². The highest BCUT2D eigenvalue weighted by Gasteiger charge is 2.43. The molecule has 0 aliphatic carbocycles. The molecule has 1 spiro atoms. The fraction of sp³-hybridized carbons (Fsp3) is 1.00. The van der Waals surface area contributed by atoms with E-state index in [9.17, 15) is 0 Å². The molecular weight excluding hydrogens is 284 g/mol. The number of hydrogen-bond donors (Lipinski definition) is 1. The SMILES string of the molecule is CC(C)N1CCOC(C(N)C2CCOC3(CCSC3)C2)C1. The number of hydrogen-bond acceptors (Lipinski definition) is 5. The van der Waals surface area contributed by atoms with Crippen molar-refractivity contribution in [2.45, 2.75) is 56.9 Å². The molecule has 4 nitrogen and oxygen atoms in total. The molecule has 3 saturated heterocycles. The maximum atomic E-state index is 6.62. The Morgan fingerprint density at radius 3 is 2.90 bits per heavy atom. The molecule has 0 aromatic carbocycles. The van der Waals surface area contributed by atoms with Crippen molar-refractivity contribution >= 4 is 11.8 Å². The number of morpholine rings is 1. The molecule has 3 aliphatic rings. The maximum Gasteiger partial charge on any atom is 0.0856 e. The zero-order valence-corrected chi connectivity index (χ0v) is 14.2. The molecule has 0 bridgehead atoms. The van der Waals surface area contributed by atoms with E-state index in [0.717, 1.165) is 44.9 Å². The molecular formula is C16H30N2O2S. The van der Waals surface area contributed by atoms with E-state index in [2.05, 4.69) is 18.7 Å². The van der Waals surface area contributed by atoms with Crippen molar-refractivity contribution in [2.24, 2.45) is 11.7 Å². The van der Waals surface area contributed by atoms with Crippen molar-refractivity contribution in [2.75, 3.05) is 37.8 Å². The Labute approximate surface area is 133 Å². The summed E-state index contributed by atoms with van der Waals surface area (Å²) in [5, 5.41) is 0. The van der Waals surface area contributed by atoms with E-state index in [4.69, 9.17) is 15.2 Å². The van der Waals surface area contributed by atoms with Gasteiger partial charge in [-0.2, -0.15) is 11.8 Å². The molecule has 21 heavy (non-hydrogen) atoms. The third-order valence-electron chi connectivity index (χ3n) is 5.43. The fourth-order valence-corrected chi connectivity index (χ4v) is 5.34. The lowest BCUT2D eigenvalue weighted by atomic mass is 9.79. The van der Waals surface area contributed by atoms with Gasteiger partial charge in [0.25, 0.3) is 0 Å². The smallest absolute Gasteiger partial charge is 0.0856 e. The van der Waals surface area contributed by atoms with E-state index < -0.39 is 0 Å². The second kappa shape index (κ2) is 6.75. The van der Waals surface area contributed by atoms with Crippen LogP contribution in [-0.4, -0.2) is 66.5 Å². The molecule has 2 N–H and O–H groups in total. The van der Waals surface area contributed by atoms with Gasteiger partial charge in [0, 0.05) is 37.5 Å². The van der Waals surface area contributed by atoms with Crippen molar-refractivity contribution < 1.29 is 9.47 Å². The molecule has 4 atom stereocenters. The van der Waals surface area contributed by atoms with Crippen LogP contribution >= 0.6 is 11.8 Å². The predicted octanol–water partition coefficient (Wildman–Crippen LogP) is 1.73. The van der Waals surface area contributed by atoms with Gasteiger partial charge < -0.3 is 15.2 Å². The van der Waals surface area contributed by atoms with Gasteiger partial charge in [0.1, 0.15) is 0 Å². The topological polar surface area (TPSA) is 47.7 Å². The lowest BCUT2D eigenvalue weighted by Crippen LogP contribution is -2.56. The highest BCUT2D eigenvalue weighted by Crippen LogP contribution is 2.41. The molecule has 3 rings (SSSR count). The molecule has 3 aliphatic heterocycles. The number of thioether (sulfide) groups is 1. The summed E-state index contributed by atoms with van der Waals surface area (Å²) in [6.45, 7) is 8.23. The zero-order valence-electron chi connectivity index (χ0n) is 13.4. The third kappa shape index (κ3) is 3.58. The summed E-state index contributed by atoms with van der Waals surface area (Å²) in [5.41, 5.74) is 6.75. The molecule has 0 radical (unpaired) electrons. The lowest BCUT2D eigenvalue weighted by molar-refractivity contribution is -0.106. The lowest BCUT2D eigenvalue weighted by Gasteiger charge is -2.44. The van der Waals surface area contributed by atoms with Gasteiger partial charge in [0.2, 0.25) is 0 Å². The second-order valence-corrected chi connectivity index (χ2v) is 8.27. The summed E-state index contributed by atoms with van der Waals surface area (Å²) >= 11 is 2.03. The monoisotopic (exact) mass is 314 g/mol. The Morgan fingerprint density at radius 2 is 2.19 bits per heavy atom. The average Bonchev–Trinajstić information content (AvgIpc) is 2.94. The Morgan fingerprint density at radius 1 is 1.33 bits per heavy atom. The standard InChI is InChI=1S/C16H30N2O2S/c1-12(2)18-5-7-19-14(10-18)15(17)13-3-6-20-16(9-13)4-8-21-11-16/h12-15H,3-11,17H2,1-2H3. The Bertz CT molecular complexity index is 347. The number of ether oxygens (including phenoxy) is 2. The molecule has 5 heteroatoms. The van der Waals surface area contributed by atoms with Gasteiger partial charge >= 0.3 is 0 Å². The van der Waals surface area contributed by atoms with Gasteiger partial charge in [0.05, 0.1) is 18.3 Å². The minimum absolute atomic E-state index is 0.123. The van der Waals surface area contributed by atoms with Crippen LogP contribution in [0.25, 0.3) is 0 Å². The molecule has 4 unspecified atom stereocenters. The van der Waals surface area contributed by atoms with Gasteiger partial charge in [-0.3, -0.25) is 4.90 Å². The van der Waals surface area contributed by atoms with E-state index in [0.29, 0.717) is 12.0 Å². The largest absolute Gasteiger partial charge is 0.374 e. The summed E-state index contributed by atoms with van der Waals surface area (Å²) in [6, 6.07) is 0.730. The highest BCUT2D eigenvalue weighted by molar-refractivity contribution is 7.99. The first kappa shape index (κ1) is 16.1. The van der Waals surface area contributed by atoms with Crippen molar-refractivity contribution in [3.63, 3.8) is 0 Å². The average molecular weight is 314 g/mol. The minimum atomic E-state index is 0.123. The fourth-order valence-electron chi connectivity index (χ4n) is 3.96. The zero-order chi connectivity index (χ0) is 14.9. The van der Waals surface area contributed by atoms with Gasteiger partial charge in [-0.05, 0) is 44.8 Å². The van der Waals surface area contributed by atoms with E-state index in [1.807, 2.05) is 11.8 Å². The third-order valence-corrected chi connectivity index (χ3v) is 6.65. The first-order valence-corrected chi connectivity index (χ1v) is 9.58. The van der Waals surface area contributed by atoms with Crippen LogP contribution in [0.2, 0.25) is 0 Å². The summed E-state index contributed by atoms with van der Waals surface area (Å²) in [6.07, 6.45) is 3.61. The summed E-state index contributed by atoms with van der Waals surface area (Å²) in [7, 11) is 0. The van der Waals surface area contributed by atoms with Crippen molar-refractivity contribution in [1.29, 1.82) is 0 Å². The molecule has 122 valence electrons. The number of nitrogens with two attached hydrogens (primary N) is 1. The van der Waals surface area contributed by atoms with Crippen LogP contribution in [0.4, 0.5) is 0 Å². The van der Waals surface area contributed by atoms with Crippen LogP contribution in [0.15, 0.2) is 0 Å². The van der Waals surface area contributed by atoms with Gasteiger partial charge in [-0.1, -0.05) is 0 Å². The summed E-state index contributed by atoms with van der Waals surface area (Å²) in [5.74, 6) is 2.94. The van der Waals surface area contributed by atoms with Gasteiger partial charge in [-0.25, -0.2) is 0 Å². The highest BCUT2D eigenvalue weighted by atomic mass is 32.2. The van der Waals surface area contributed by atoms with Crippen molar-refractivity contribution in [3.8, 4) is 0 Å². The molecule has 3 heterocycles. The first-order chi connectivity index (χ1) is 10.1. The normalized spacial score (nSPS) is 40.0. The Balaban J connectivity index is 1.60. The molecule has 0 amide bonds. The van der Waals surface area contributed by atoms with E-state index >= 15 is 0 Å². The molecule has 3 fully saturated rings. The Kier molecular flexibility index (Phi) is 5.16. The Hall–Kier alpha value is 0.190. The maximum absolute atomic E-state index is 6.62. The van der Waals surface area contributed by atoms with E-state index in [1.54, 1.807) is 0 Å². The molecule has 0 saturated carbocycles. The van der Waals surface area contributed by atoms with Gasteiger partial charge in [-0.15, -0.1) is 0 Å². The molecule has 0 aromatic heterocycles. The number of rotatable bonds is 3. The summed E-state index contributed by atoms with van der Waals surface area (Å²) < 4.78 is 12.1. The van der Waals surface area contributed by atoms with Crippen molar-refractivity contribution in [3.05, 3.63) is 0 Å². The van der Waals surface area contributed by atoms with Crippen molar-refractivity contribution in [1.82, 2.24) is 4.90 Å². The van der Waals surface area contributed by atoms with E-state index in [-0.39, 0.29) is 17.7 Å². The first-order valence-electron chi connectivity index (χ1n) is 8.43. The number of nitrogens with zero attached hydrogens (tertiary/aromatic N) is 1. The quantitative estimate of drug-likeness (QED) is 0.859. The van der Waals surface area contributed by atoms with Crippen LogP contribution < -0.4 is 5.73 Å². The summed E-state index contributed by atoms with van der Waals surface area (Å²) in [4.78, 5) is 2.49. The molecule has 0 aromatic rings. The van der Waals surface area contributed by atoms with Crippen LogP contribution in [0.1, 0.15) is 33.1 Å². The second-order valence-electron chi connectivity index (χ2n) is 7.16. The van der Waals surface area contributed by atoms with Crippen LogP contribution in [-0.2, 0) is 9.47 Å². The predicted molar refractivity (Wildman–Crippen MR) is 87.8 cm³/mol. The van der Waals surface area contributed by atoms with Gasteiger partial charge in [0.15, 0.2) is 0 Å². The minimum Gasteiger partial charge on any atom is -0.374 e. The van der Waals surface area contributed by atoms with Crippen LogP contribution in [0, 0.1) is 5.92 Å².